The van der Waals surface area contributed by atoms with Crippen molar-refractivity contribution in [3.8, 4) is 5.75 Å². The number of hydrogen-bond donors (Lipinski definition) is 1. The molecule has 1 N–H and O–H groups in total. The summed E-state index contributed by atoms with van der Waals surface area (Å²) in [5.41, 5.74) is 2.75. The first kappa shape index (κ1) is 18.9. The number of carbonyl (C=O) groups is 1. The van der Waals surface area contributed by atoms with Crippen molar-refractivity contribution in [2.24, 2.45) is 0 Å². The molecule has 138 valence electrons. The number of nitrogens with zero attached hydrogens (tertiary/aromatic N) is 2. The van der Waals surface area contributed by atoms with Crippen LogP contribution < -0.4 is 10.1 Å². The Morgan fingerprint density at radius 2 is 1.85 bits per heavy atom. The molecule has 1 heterocycles. The molecule has 0 spiro atoms. The molecule has 3 rings (SSSR count). The van der Waals surface area contributed by atoms with Crippen molar-refractivity contribution in [3.05, 3.63) is 72.1 Å². The van der Waals surface area contributed by atoms with Crippen LogP contribution in [0.25, 0.3) is 0 Å². The molecule has 27 heavy (non-hydrogen) atoms. The summed E-state index contributed by atoms with van der Waals surface area (Å²) in [6.45, 7) is 4.55. The third-order valence-electron chi connectivity index (χ3n) is 3.82. The lowest BCUT2D eigenvalue weighted by Gasteiger charge is -2.10. The highest BCUT2D eigenvalue weighted by Crippen LogP contribution is 2.28. The van der Waals surface area contributed by atoms with Gasteiger partial charge in [-0.05, 0) is 73.1 Å². The molecule has 0 aliphatic carbocycles. The molecular weight excluding hydrogens is 358 g/mol. The van der Waals surface area contributed by atoms with Gasteiger partial charge < -0.3 is 10.1 Å². The molecular formula is C21H21N3O2S. The van der Waals surface area contributed by atoms with Crippen LogP contribution in [0.5, 0.6) is 5.75 Å². The van der Waals surface area contributed by atoms with Crippen molar-refractivity contribution < 1.29 is 9.53 Å². The van der Waals surface area contributed by atoms with Crippen LogP contribution in [0.3, 0.4) is 0 Å². The zero-order valence-electron chi connectivity index (χ0n) is 15.3. The molecule has 0 radical (unpaired) electrons. The molecule has 0 aliphatic heterocycles. The fourth-order valence-corrected chi connectivity index (χ4v) is 3.34. The van der Waals surface area contributed by atoms with E-state index >= 15 is 0 Å². The second-order valence-corrected chi connectivity index (χ2v) is 6.95. The Hall–Kier alpha value is -2.86. The number of anilines is 1. The Kier molecular flexibility index (Phi) is 6.44. The van der Waals surface area contributed by atoms with Gasteiger partial charge in [-0.25, -0.2) is 9.97 Å². The molecule has 0 saturated heterocycles. The number of rotatable bonds is 7. The number of aromatic nitrogens is 2. The Morgan fingerprint density at radius 1 is 1.11 bits per heavy atom. The highest BCUT2D eigenvalue weighted by Gasteiger charge is 2.08. The van der Waals surface area contributed by atoms with Gasteiger partial charge in [-0.15, -0.1) is 0 Å². The van der Waals surface area contributed by atoms with E-state index in [-0.39, 0.29) is 5.91 Å². The third-order valence-corrected chi connectivity index (χ3v) is 4.71. The number of benzene rings is 2. The van der Waals surface area contributed by atoms with Gasteiger partial charge in [0.15, 0.2) is 5.16 Å². The van der Waals surface area contributed by atoms with Gasteiger partial charge in [-0.2, -0.15) is 0 Å². The van der Waals surface area contributed by atoms with Gasteiger partial charge in [0.2, 0.25) is 5.91 Å². The summed E-state index contributed by atoms with van der Waals surface area (Å²) in [7, 11) is 0. The lowest BCUT2D eigenvalue weighted by Crippen LogP contribution is -2.15. The van der Waals surface area contributed by atoms with Crippen LogP contribution in [0.4, 0.5) is 5.69 Å². The normalized spacial score (nSPS) is 10.4. The van der Waals surface area contributed by atoms with Crippen molar-refractivity contribution in [3.63, 3.8) is 0 Å². The predicted molar refractivity (Wildman–Crippen MR) is 107 cm³/mol. The lowest BCUT2D eigenvalue weighted by atomic mass is 10.1. The zero-order valence-corrected chi connectivity index (χ0v) is 16.1. The molecule has 0 saturated carbocycles. The van der Waals surface area contributed by atoms with E-state index in [1.807, 2.05) is 56.3 Å². The number of amides is 1. The van der Waals surface area contributed by atoms with Gasteiger partial charge in [-0.3, -0.25) is 4.79 Å². The predicted octanol–water partition coefficient (Wildman–Crippen LogP) is 4.52. The van der Waals surface area contributed by atoms with Crippen LogP contribution in [0.2, 0.25) is 0 Å². The second kappa shape index (κ2) is 9.19. The molecule has 1 amide bonds. The maximum absolute atomic E-state index is 12.4. The summed E-state index contributed by atoms with van der Waals surface area (Å²) in [4.78, 5) is 21.8. The molecule has 3 aromatic rings. The van der Waals surface area contributed by atoms with E-state index in [9.17, 15) is 4.79 Å². The Bertz CT molecular complexity index is 899. The fraction of sp³-hybridized carbons (Fsp3) is 0.190. The highest BCUT2D eigenvalue weighted by atomic mass is 32.2. The maximum Gasteiger partial charge on any atom is 0.228 e. The quantitative estimate of drug-likeness (QED) is 0.612. The number of nitrogens with one attached hydrogen (secondary N) is 1. The first-order valence-corrected chi connectivity index (χ1v) is 9.53. The number of aryl methyl sites for hydroxylation is 1. The number of ether oxygens (including phenoxy) is 1. The summed E-state index contributed by atoms with van der Waals surface area (Å²) < 4.78 is 5.42. The Balaban J connectivity index is 1.60. The third kappa shape index (κ3) is 5.56. The van der Waals surface area contributed by atoms with Crippen LogP contribution in [-0.2, 0) is 11.2 Å². The smallest absolute Gasteiger partial charge is 0.228 e. The minimum absolute atomic E-state index is 0.0472. The van der Waals surface area contributed by atoms with Gasteiger partial charge in [0.05, 0.1) is 13.0 Å². The Morgan fingerprint density at radius 3 is 2.52 bits per heavy atom. The first-order chi connectivity index (χ1) is 13.1. The molecule has 0 bridgehead atoms. The lowest BCUT2D eigenvalue weighted by molar-refractivity contribution is -0.115. The van der Waals surface area contributed by atoms with Gasteiger partial charge in [0.25, 0.3) is 0 Å². The first-order valence-electron chi connectivity index (χ1n) is 8.71. The molecule has 5 nitrogen and oxygen atoms in total. The van der Waals surface area contributed by atoms with E-state index in [4.69, 9.17) is 4.74 Å². The number of carbonyl (C=O) groups excluding carboxylic acids is 1. The Labute approximate surface area is 163 Å². The van der Waals surface area contributed by atoms with Crippen LogP contribution in [0.1, 0.15) is 18.1 Å². The molecule has 2 aromatic carbocycles. The second-order valence-electron chi connectivity index (χ2n) is 5.91. The standard InChI is InChI=1S/C21H21N3O2S/c1-3-26-17-7-5-16(6-8-17)14-20(25)24-19-10-9-18(13-15(19)2)27-21-22-11-4-12-23-21/h4-13H,3,14H2,1-2H3,(H,24,25). The molecule has 1 aromatic heterocycles. The largest absolute Gasteiger partial charge is 0.494 e. The van der Waals surface area contributed by atoms with E-state index in [1.165, 1.54) is 11.8 Å². The van der Waals surface area contributed by atoms with Crippen LogP contribution in [0, 0.1) is 6.92 Å². The summed E-state index contributed by atoms with van der Waals surface area (Å²) in [6, 6.07) is 15.3. The van der Waals surface area contributed by atoms with Crippen molar-refractivity contribution in [1.29, 1.82) is 0 Å². The molecule has 6 heteroatoms. The van der Waals surface area contributed by atoms with E-state index in [0.29, 0.717) is 18.2 Å². The minimum Gasteiger partial charge on any atom is -0.494 e. The van der Waals surface area contributed by atoms with Gasteiger partial charge >= 0.3 is 0 Å². The average Bonchev–Trinajstić information content (AvgIpc) is 2.67. The molecule has 0 aliphatic rings. The van der Waals surface area contributed by atoms with Crippen molar-refractivity contribution in [1.82, 2.24) is 9.97 Å². The minimum atomic E-state index is -0.0472. The topological polar surface area (TPSA) is 64.1 Å². The van der Waals surface area contributed by atoms with Crippen LogP contribution >= 0.6 is 11.8 Å². The summed E-state index contributed by atoms with van der Waals surface area (Å²) in [5.74, 6) is 0.766. The van der Waals surface area contributed by atoms with E-state index < -0.39 is 0 Å². The van der Waals surface area contributed by atoms with E-state index in [1.54, 1.807) is 18.5 Å². The van der Waals surface area contributed by atoms with Crippen LogP contribution in [-0.4, -0.2) is 22.5 Å². The molecule has 0 atom stereocenters. The summed E-state index contributed by atoms with van der Waals surface area (Å²) in [6.07, 6.45) is 3.76. The number of hydrogen-bond acceptors (Lipinski definition) is 5. The maximum atomic E-state index is 12.4. The summed E-state index contributed by atoms with van der Waals surface area (Å²) in [5, 5.41) is 3.68. The van der Waals surface area contributed by atoms with Crippen molar-refractivity contribution >= 4 is 23.4 Å². The van der Waals surface area contributed by atoms with Crippen LogP contribution in [0.15, 0.2) is 71.0 Å². The zero-order chi connectivity index (χ0) is 19.1. The fourth-order valence-electron chi connectivity index (χ4n) is 2.53. The monoisotopic (exact) mass is 379 g/mol. The van der Waals surface area contributed by atoms with E-state index in [2.05, 4.69) is 15.3 Å². The van der Waals surface area contributed by atoms with Gasteiger partial charge in [0.1, 0.15) is 5.75 Å². The van der Waals surface area contributed by atoms with Gasteiger partial charge in [0, 0.05) is 23.0 Å². The van der Waals surface area contributed by atoms with E-state index in [0.717, 1.165) is 27.5 Å². The van der Waals surface area contributed by atoms with Gasteiger partial charge in [-0.1, -0.05) is 12.1 Å². The molecule has 0 unspecified atom stereocenters. The average molecular weight is 379 g/mol. The van der Waals surface area contributed by atoms with Crippen molar-refractivity contribution in [2.75, 3.05) is 11.9 Å². The molecule has 0 fully saturated rings. The van der Waals surface area contributed by atoms with Crippen molar-refractivity contribution in [2.45, 2.75) is 30.3 Å². The highest BCUT2D eigenvalue weighted by molar-refractivity contribution is 7.99. The SMILES string of the molecule is CCOc1ccc(CC(=O)Nc2ccc(Sc3ncccn3)cc2C)cc1. The summed E-state index contributed by atoms with van der Waals surface area (Å²) >= 11 is 1.49.